The van der Waals surface area contributed by atoms with Gasteiger partial charge in [0.1, 0.15) is 0 Å². The molecule has 2 unspecified atom stereocenters. The molecule has 2 rings (SSSR count). The zero-order chi connectivity index (χ0) is 12.4. The summed E-state index contributed by atoms with van der Waals surface area (Å²) in [5.41, 5.74) is 8.65. The molecule has 1 aliphatic heterocycles. The highest BCUT2D eigenvalue weighted by molar-refractivity contribution is 8.00. The first-order chi connectivity index (χ1) is 8.11. The molecule has 1 aromatic rings. The lowest BCUT2D eigenvalue weighted by Gasteiger charge is -2.40. The SMILES string of the molecule is CC1SCCN(c2ccccc2[C@@H](C)N)C1C. The molecule has 0 aliphatic carbocycles. The number of hydrogen-bond acceptors (Lipinski definition) is 3. The van der Waals surface area contributed by atoms with Gasteiger partial charge in [-0.1, -0.05) is 25.1 Å². The topological polar surface area (TPSA) is 29.3 Å². The fourth-order valence-corrected chi connectivity index (χ4v) is 3.51. The van der Waals surface area contributed by atoms with E-state index >= 15 is 0 Å². The lowest BCUT2D eigenvalue weighted by Crippen LogP contribution is -2.45. The van der Waals surface area contributed by atoms with Crippen LogP contribution >= 0.6 is 11.8 Å². The summed E-state index contributed by atoms with van der Waals surface area (Å²) in [5.74, 6) is 1.21. The maximum atomic E-state index is 6.07. The molecule has 0 bridgehead atoms. The number of thioether (sulfide) groups is 1. The van der Waals surface area contributed by atoms with E-state index in [-0.39, 0.29) is 6.04 Å². The number of para-hydroxylation sites is 1. The highest BCUT2D eigenvalue weighted by atomic mass is 32.2. The van der Waals surface area contributed by atoms with E-state index < -0.39 is 0 Å². The maximum Gasteiger partial charge on any atom is 0.0417 e. The molecule has 0 aromatic heterocycles. The van der Waals surface area contributed by atoms with Gasteiger partial charge in [0.15, 0.2) is 0 Å². The third-order valence-electron chi connectivity index (χ3n) is 3.62. The van der Waals surface area contributed by atoms with Gasteiger partial charge in [-0.3, -0.25) is 0 Å². The molecular weight excluding hydrogens is 228 g/mol. The van der Waals surface area contributed by atoms with Crippen molar-refractivity contribution < 1.29 is 0 Å². The molecule has 0 radical (unpaired) electrons. The van der Waals surface area contributed by atoms with Crippen LogP contribution in [0.5, 0.6) is 0 Å². The van der Waals surface area contributed by atoms with Crippen molar-refractivity contribution in [1.29, 1.82) is 0 Å². The van der Waals surface area contributed by atoms with Crippen molar-refractivity contribution in [2.24, 2.45) is 5.73 Å². The van der Waals surface area contributed by atoms with Crippen molar-refractivity contribution in [2.75, 3.05) is 17.2 Å². The molecule has 94 valence electrons. The summed E-state index contributed by atoms with van der Waals surface area (Å²) in [4.78, 5) is 2.51. The third-order valence-corrected chi connectivity index (χ3v) is 4.96. The first kappa shape index (κ1) is 12.8. The zero-order valence-electron chi connectivity index (χ0n) is 10.9. The molecule has 0 saturated carbocycles. The van der Waals surface area contributed by atoms with Gasteiger partial charge < -0.3 is 10.6 Å². The summed E-state index contributed by atoms with van der Waals surface area (Å²) in [6.07, 6.45) is 0. The number of benzene rings is 1. The van der Waals surface area contributed by atoms with Crippen LogP contribution in [0.15, 0.2) is 24.3 Å². The van der Waals surface area contributed by atoms with Crippen molar-refractivity contribution in [3.8, 4) is 0 Å². The van der Waals surface area contributed by atoms with Crippen molar-refractivity contribution in [3.05, 3.63) is 29.8 Å². The van der Waals surface area contributed by atoms with Crippen LogP contribution in [-0.2, 0) is 0 Å². The molecule has 1 saturated heterocycles. The highest BCUT2D eigenvalue weighted by Gasteiger charge is 2.26. The van der Waals surface area contributed by atoms with Crippen LogP contribution in [0.4, 0.5) is 5.69 Å². The Morgan fingerprint density at radius 1 is 1.35 bits per heavy atom. The van der Waals surface area contributed by atoms with Crippen molar-refractivity contribution in [1.82, 2.24) is 0 Å². The second-order valence-corrected chi connectivity index (χ2v) is 6.34. The first-order valence-corrected chi connectivity index (χ1v) is 7.39. The smallest absolute Gasteiger partial charge is 0.0417 e. The van der Waals surface area contributed by atoms with Crippen LogP contribution < -0.4 is 10.6 Å². The van der Waals surface area contributed by atoms with Crippen LogP contribution in [-0.4, -0.2) is 23.6 Å². The lowest BCUT2D eigenvalue weighted by atomic mass is 10.0. The molecule has 1 fully saturated rings. The molecule has 3 heteroatoms. The van der Waals surface area contributed by atoms with Crippen LogP contribution in [0, 0.1) is 0 Å². The Morgan fingerprint density at radius 3 is 2.76 bits per heavy atom. The maximum absolute atomic E-state index is 6.07. The van der Waals surface area contributed by atoms with E-state index in [4.69, 9.17) is 5.73 Å². The number of nitrogens with zero attached hydrogens (tertiary/aromatic N) is 1. The second kappa shape index (κ2) is 5.32. The average Bonchev–Trinajstić information content (AvgIpc) is 2.33. The number of nitrogens with two attached hydrogens (primary N) is 1. The summed E-state index contributed by atoms with van der Waals surface area (Å²) in [7, 11) is 0. The Balaban J connectivity index is 2.32. The van der Waals surface area contributed by atoms with E-state index in [1.807, 2.05) is 0 Å². The standard InChI is InChI=1S/C14H22N2S/c1-10(15)13-6-4-5-7-14(13)16-8-9-17-12(3)11(16)2/h4-7,10-12H,8-9,15H2,1-3H3/t10-,11?,12?/m1/s1. The van der Waals surface area contributed by atoms with E-state index in [0.717, 1.165) is 6.54 Å². The summed E-state index contributed by atoms with van der Waals surface area (Å²) in [6, 6.07) is 9.23. The Bertz CT molecular complexity index is 378. The monoisotopic (exact) mass is 250 g/mol. The fraction of sp³-hybridized carbons (Fsp3) is 0.571. The highest BCUT2D eigenvalue weighted by Crippen LogP contribution is 2.32. The minimum absolute atomic E-state index is 0.100. The van der Waals surface area contributed by atoms with E-state index in [2.05, 4.69) is 61.7 Å². The van der Waals surface area contributed by atoms with E-state index in [1.165, 1.54) is 17.0 Å². The molecule has 1 heterocycles. The van der Waals surface area contributed by atoms with Gasteiger partial charge in [-0.25, -0.2) is 0 Å². The molecule has 0 spiro atoms. The molecular formula is C14H22N2S. The van der Waals surface area contributed by atoms with Crippen LogP contribution in [0.1, 0.15) is 32.4 Å². The number of anilines is 1. The number of hydrogen-bond donors (Lipinski definition) is 1. The molecule has 1 aliphatic rings. The molecule has 1 aromatic carbocycles. The van der Waals surface area contributed by atoms with Crippen LogP contribution in [0.3, 0.4) is 0 Å². The zero-order valence-corrected chi connectivity index (χ0v) is 11.7. The molecule has 17 heavy (non-hydrogen) atoms. The molecule has 0 amide bonds. The summed E-state index contributed by atoms with van der Waals surface area (Å²) in [6.45, 7) is 7.82. The average molecular weight is 250 g/mol. The Labute approximate surface area is 109 Å². The quantitative estimate of drug-likeness (QED) is 0.875. The molecule has 2 nitrogen and oxygen atoms in total. The molecule has 2 N–H and O–H groups in total. The largest absolute Gasteiger partial charge is 0.367 e. The van der Waals surface area contributed by atoms with Gasteiger partial charge in [0.05, 0.1) is 0 Å². The number of rotatable bonds is 2. The van der Waals surface area contributed by atoms with E-state index in [9.17, 15) is 0 Å². The predicted molar refractivity (Wildman–Crippen MR) is 77.8 cm³/mol. The third kappa shape index (κ3) is 2.61. The summed E-state index contributed by atoms with van der Waals surface area (Å²) in [5, 5.41) is 0.685. The van der Waals surface area contributed by atoms with Gasteiger partial charge in [0.25, 0.3) is 0 Å². The minimum atomic E-state index is 0.100. The second-order valence-electron chi connectivity index (χ2n) is 4.86. The van der Waals surface area contributed by atoms with E-state index in [0.29, 0.717) is 11.3 Å². The lowest BCUT2D eigenvalue weighted by molar-refractivity contribution is 0.621. The van der Waals surface area contributed by atoms with E-state index in [1.54, 1.807) is 0 Å². The fourth-order valence-electron chi connectivity index (χ4n) is 2.41. The van der Waals surface area contributed by atoms with Gasteiger partial charge >= 0.3 is 0 Å². The summed E-state index contributed by atoms with van der Waals surface area (Å²) >= 11 is 2.07. The van der Waals surface area contributed by atoms with Gasteiger partial charge in [0.2, 0.25) is 0 Å². The van der Waals surface area contributed by atoms with Crippen LogP contribution in [0.25, 0.3) is 0 Å². The molecule has 3 atom stereocenters. The van der Waals surface area contributed by atoms with Crippen molar-refractivity contribution in [3.63, 3.8) is 0 Å². The minimum Gasteiger partial charge on any atom is -0.367 e. The van der Waals surface area contributed by atoms with Gasteiger partial charge in [-0.15, -0.1) is 0 Å². The predicted octanol–water partition coefficient (Wildman–Crippen LogP) is 3.04. The normalized spacial score (nSPS) is 26.9. The van der Waals surface area contributed by atoms with Crippen molar-refractivity contribution >= 4 is 17.4 Å². The van der Waals surface area contributed by atoms with Crippen LogP contribution in [0.2, 0.25) is 0 Å². The summed E-state index contributed by atoms with van der Waals surface area (Å²) < 4.78 is 0. The Kier molecular flexibility index (Phi) is 4.00. The first-order valence-electron chi connectivity index (χ1n) is 6.34. The Morgan fingerprint density at radius 2 is 2.06 bits per heavy atom. The Hall–Kier alpha value is -0.670. The van der Waals surface area contributed by atoms with Gasteiger partial charge in [0, 0.05) is 35.3 Å². The van der Waals surface area contributed by atoms with Crippen molar-refractivity contribution in [2.45, 2.75) is 38.1 Å². The van der Waals surface area contributed by atoms with Gasteiger partial charge in [-0.05, 0) is 25.5 Å². The van der Waals surface area contributed by atoms with Gasteiger partial charge in [-0.2, -0.15) is 11.8 Å².